The molecule has 0 saturated heterocycles. The average Bonchev–Trinajstić information content (AvgIpc) is 2.89. The van der Waals surface area contributed by atoms with E-state index in [-0.39, 0.29) is 6.04 Å². The number of hydrogen-bond donors (Lipinski definition) is 1. The molecule has 6 heteroatoms. The van der Waals surface area contributed by atoms with Gasteiger partial charge in [-0.25, -0.2) is 4.68 Å². The minimum atomic E-state index is -0.0532. The molecule has 5 nitrogen and oxygen atoms in total. The van der Waals surface area contributed by atoms with E-state index in [0.717, 1.165) is 27.9 Å². The van der Waals surface area contributed by atoms with Crippen LogP contribution >= 0.6 is 15.9 Å². The molecule has 0 fully saturated rings. The lowest BCUT2D eigenvalue weighted by Crippen LogP contribution is -2.08. The van der Waals surface area contributed by atoms with Crippen LogP contribution in [0, 0.1) is 0 Å². The van der Waals surface area contributed by atoms with Crippen molar-refractivity contribution in [2.45, 2.75) is 25.9 Å². The molecular formula is C13H17BrN4O. The first-order chi connectivity index (χ1) is 9.13. The Morgan fingerprint density at radius 1 is 1.47 bits per heavy atom. The first-order valence-electron chi connectivity index (χ1n) is 6.12. The molecular weight excluding hydrogens is 308 g/mol. The van der Waals surface area contributed by atoms with Crippen molar-refractivity contribution in [3.63, 3.8) is 0 Å². The topological polar surface area (TPSA) is 66.0 Å². The average molecular weight is 325 g/mol. The molecule has 0 aliphatic rings. The van der Waals surface area contributed by atoms with Gasteiger partial charge < -0.3 is 10.5 Å². The van der Waals surface area contributed by atoms with Gasteiger partial charge in [0.1, 0.15) is 5.75 Å². The largest absolute Gasteiger partial charge is 0.497 e. The Kier molecular flexibility index (Phi) is 4.55. The third-order valence-corrected chi connectivity index (χ3v) is 3.73. The predicted octanol–water partition coefficient (Wildman–Crippen LogP) is 2.51. The zero-order valence-corrected chi connectivity index (χ0v) is 12.6. The molecule has 1 atom stereocenters. The number of ether oxygens (including phenoxy) is 1. The van der Waals surface area contributed by atoms with Crippen LogP contribution in [0.2, 0.25) is 0 Å². The third-order valence-electron chi connectivity index (χ3n) is 2.96. The molecule has 2 N–H and O–H groups in total. The molecule has 0 radical (unpaired) electrons. The summed E-state index contributed by atoms with van der Waals surface area (Å²) < 4.78 is 8.02. The van der Waals surface area contributed by atoms with E-state index < -0.39 is 0 Å². The Labute approximate surface area is 120 Å². The Hall–Kier alpha value is -1.40. The molecule has 102 valence electrons. The molecule has 1 aromatic carbocycles. The van der Waals surface area contributed by atoms with Gasteiger partial charge in [-0.3, -0.25) is 0 Å². The Balaban J connectivity index is 2.19. The van der Waals surface area contributed by atoms with Gasteiger partial charge in [0.2, 0.25) is 0 Å². The van der Waals surface area contributed by atoms with Gasteiger partial charge in [0.25, 0.3) is 0 Å². The van der Waals surface area contributed by atoms with Gasteiger partial charge >= 0.3 is 0 Å². The van der Waals surface area contributed by atoms with Crippen molar-refractivity contribution >= 4 is 15.9 Å². The highest BCUT2D eigenvalue weighted by atomic mass is 79.9. The summed E-state index contributed by atoms with van der Waals surface area (Å²) in [5.74, 6) is 0.823. The number of hydrogen-bond acceptors (Lipinski definition) is 4. The number of benzene rings is 1. The zero-order chi connectivity index (χ0) is 13.8. The summed E-state index contributed by atoms with van der Waals surface area (Å²) in [6, 6.07) is 5.80. The molecule has 1 heterocycles. The van der Waals surface area contributed by atoms with E-state index in [2.05, 4.69) is 26.2 Å². The molecule has 2 aromatic rings. The second-order valence-corrected chi connectivity index (χ2v) is 5.17. The van der Waals surface area contributed by atoms with Crippen molar-refractivity contribution < 1.29 is 4.74 Å². The van der Waals surface area contributed by atoms with Crippen LogP contribution in [-0.4, -0.2) is 22.1 Å². The second-order valence-electron chi connectivity index (χ2n) is 4.31. The lowest BCUT2D eigenvalue weighted by Gasteiger charge is -2.07. The van der Waals surface area contributed by atoms with E-state index in [1.807, 2.05) is 31.3 Å². The summed E-state index contributed by atoms with van der Waals surface area (Å²) in [4.78, 5) is 0. The maximum atomic E-state index is 5.93. The molecule has 1 unspecified atom stereocenters. The molecule has 19 heavy (non-hydrogen) atoms. The van der Waals surface area contributed by atoms with Crippen molar-refractivity contribution in [3.05, 3.63) is 40.1 Å². The molecule has 0 aliphatic carbocycles. The molecule has 0 bridgehead atoms. The Morgan fingerprint density at radius 2 is 2.26 bits per heavy atom. The summed E-state index contributed by atoms with van der Waals surface area (Å²) in [5, 5.41) is 8.20. The molecule has 0 amide bonds. The van der Waals surface area contributed by atoms with Crippen LogP contribution in [0.25, 0.3) is 0 Å². The van der Waals surface area contributed by atoms with Crippen molar-refractivity contribution in [1.82, 2.24) is 15.0 Å². The normalized spacial score (nSPS) is 12.4. The smallest absolute Gasteiger partial charge is 0.119 e. The van der Waals surface area contributed by atoms with Crippen LogP contribution in [0.5, 0.6) is 5.75 Å². The van der Waals surface area contributed by atoms with E-state index in [9.17, 15) is 0 Å². The van der Waals surface area contributed by atoms with Crippen LogP contribution < -0.4 is 10.5 Å². The lowest BCUT2D eigenvalue weighted by molar-refractivity contribution is 0.414. The minimum absolute atomic E-state index is 0.0532. The van der Waals surface area contributed by atoms with E-state index in [4.69, 9.17) is 10.5 Å². The Morgan fingerprint density at radius 3 is 2.95 bits per heavy atom. The maximum absolute atomic E-state index is 5.93. The molecule has 1 aromatic heterocycles. The number of nitrogens with two attached hydrogens (primary N) is 1. The van der Waals surface area contributed by atoms with Crippen LogP contribution in [0.4, 0.5) is 0 Å². The highest BCUT2D eigenvalue weighted by molar-refractivity contribution is 9.10. The standard InChI is InChI=1S/C13H17BrN4O/c1-3-12(15)13-8-18(17-16-13)7-9-6-10(19-2)4-5-11(9)14/h4-6,8,12H,3,7,15H2,1-2H3. The number of halogens is 1. The van der Waals surface area contributed by atoms with Crippen LogP contribution in [0.3, 0.4) is 0 Å². The lowest BCUT2D eigenvalue weighted by atomic mass is 10.2. The van der Waals surface area contributed by atoms with Crippen molar-refractivity contribution in [3.8, 4) is 5.75 Å². The minimum Gasteiger partial charge on any atom is -0.497 e. The van der Waals surface area contributed by atoms with Gasteiger partial charge in [0, 0.05) is 4.47 Å². The quantitative estimate of drug-likeness (QED) is 0.917. The predicted molar refractivity (Wildman–Crippen MR) is 77.0 cm³/mol. The van der Waals surface area contributed by atoms with Crippen LogP contribution in [0.15, 0.2) is 28.9 Å². The van der Waals surface area contributed by atoms with Gasteiger partial charge in [-0.1, -0.05) is 28.1 Å². The third kappa shape index (κ3) is 3.33. The Bertz CT molecular complexity index is 555. The van der Waals surface area contributed by atoms with Gasteiger partial charge in [-0.15, -0.1) is 5.10 Å². The van der Waals surface area contributed by atoms with Gasteiger partial charge in [0.05, 0.1) is 31.6 Å². The highest BCUT2D eigenvalue weighted by Crippen LogP contribution is 2.23. The van der Waals surface area contributed by atoms with Crippen LogP contribution in [0.1, 0.15) is 30.6 Å². The van der Waals surface area contributed by atoms with Gasteiger partial charge in [-0.2, -0.15) is 0 Å². The summed E-state index contributed by atoms with van der Waals surface area (Å²) >= 11 is 3.52. The SMILES string of the molecule is CCC(N)c1cn(Cc2cc(OC)ccc2Br)nn1. The maximum Gasteiger partial charge on any atom is 0.119 e. The summed E-state index contributed by atoms with van der Waals surface area (Å²) in [5.41, 5.74) is 7.84. The molecule has 0 saturated carbocycles. The van der Waals surface area contributed by atoms with Crippen molar-refractivity contribution in [2.75, 3.05) is 7.11 Å². The van der Waals surface area contributed by atoms with E-state index in [0.29, 0.717) is 6.54 Å². The van der Waals surface area contributed by atoms with Gasteiger partial charge in [0.15, 0.2) is 0 Å². The number of aromatic nitrogens is 3. The fraction of sp³-hybridized carbons (Fsp3) is 0.385. The molecule has 0 aliphatic heterocycles. The fourth-order valence-electron chi connectivity index (χ4n) is 1.74. The second kappa shape index (κ2) is 6.16. The molecule has 2 rings (SSSR count). The molecule has 0 spiro atoms. The first-order valence-corrected chi connectivity index (χ1v) is 6.91. The van der Waals surface area contributed by atoms with E-state index in [1.165, 1.54) is 0 Å². The summed E-state index contributed by atoms with van der Waals surface area (Å²) in [6.07, 6.45) is 2.74. The van der Waals surface area contributed by atoms with Crippen molar-refractivity contribution in [2.24, 2.45) is 5.73 Å². The number of rotatable bonds is 5. The number of nitrogens with zero attached hydrogens (tertiary/aromatic N) is 3. The highest BCUT2D eigenvalue weighted by Gasteiger charge is 2.10. The fourth-order valence-corrected chi connectivity index (χ4v) is 2.12. The van der Waals surface area contributed by atoms with Crippen LogP contribution in [-0.2, 0) is 6.54 Å². The van der Waals surface area contributed by atoms with Crippen molar-refractivity contribution in [1.29, 1.82) is 0 Å². The number of methoxy groups -OCH3 is 1. The van der Waals surface area contributed by atoms with E-state index in [1.54, 1.807) is 11.8 Å². The monoisotopic (exact) mass is 324 g/mol. The summed E-state index contributed by atoms with van der Waals surface area (Å²) in [7, 11) is 1.65. The van der Waals surface area contributed by atoms with Gasteiger partial charge in [-0.05, 0) is 30.2 Å². The first kappa shape index (κ1) is 14.0. The van der Waals surface area contributed by atoms with E-state index >= 15 is 0 Å². The zero-order valence-electron chi connectivity index (χ0n) is 11.0. The summed E-state index contributed by atoms with van der Waals surface area (Å²) in [6.45, 7) is 2.66.